The zero-order chi connectivity index (χ0) is 18.2. The van der Waals surface area contributed by atoms with Gasteiger partial charge in [0.05, 0.1) is 16.8 Å². The van der Waals surface area contributed by atoms with Gasteiger partial charge >= 0.3 is 0 Å². The van der Waals surface area contributed by atoms with Crippen molar-refractivity contribution in [3.05, 3.63) is 75.7 Å². The maximum absolute atomic E-state index is 11.0. The lowest BCUT2D eigenvalue weighted by atomic mass is 10.0. The summed E-state index contributed by atoms with van der Waals surface area (Å²) in [7, 11) is 1.72. The van der Waals surface area contributed by atoms with Crippen LogP contribution in [0, 0.1) is 17.0 Å². The largest absolute Gasteiger partial charge is 0.276 e. The second-order valence-corrected chi connectivity index (χ2v) is 5.20. The monoisotopic (exact) mass is 310 g/mol. The SMILES string of the molecule is [2H]C([2H])(c1cnn(C)c1)c1ccc(C)c(-c2cccc([N+](=O)[O-])c2)n1. The Morgan fingerprint density at radius 3 is 2.87 bits per heavy atom. The number of benzene rings is 1. The van der Waals surface area contributed by atoms with Crippen LogP contribution in [0.15, 0.2) is 48.8 Å². The molecule has 0 spiro atoms. The summed E-state index contributed by atoms with van der Waals surface area (Å²) in [5, 5.41) is 15.0. The molecule has 2 heterocycles. The third-order valence-electron chi connectivity index (χ3n) is 3.40. The van der Waals surface area contributed by atoms with E-state index in [2.05, 4.69) is 10.1 Å². The Bertz CT molecular complexity index is 953. The molecule has 0 saturated heterocycles. The third kappa shape index (κ3) is 3.26. The highest BCUT2D eigenvalue weighted by Gasteiger charge is 2.11. The number of aryl methyl sites for hydroxylation is 2. The van der Waals surface area contributed by atoms with Crippen LogP contribution in [-0.4, -0.2) is 19.7 Å². The first kappa shape index (κ1) is 12.5. The molecule has 116 valence electrons. The molecule has 2 aromatic heterocycles. The molecule has 23 heavy (non-hydrogen) atoms. The van der Waals surface area contributed by atoms with Gasteiger partial charge in [0, 0.05) is 45.7 Å². The predicted molar refractivity (Wildman–Crippen MR) is 87.1 cm³/mol. The van der Waals surface area contributed by atoms with Gasteiger partial charge in [-0.15, -0.1) is 0 Å². The van der Waals surface area contributed by atoms with E-state index in [-0.39, 0.29) is 11.4 Å². The van der Waals surface area contributed by atoms with Crippen molar-refractivity contribution in [3.63, 3.8) is 0 Å². The lowest BCUT2D eigenvalue weighted by molar-refractivity contribution is -0.384. The van der Waals surface area contributed by atoms with E-state index < -0.39 is 11.3 Å². The summed E-state index contributed by atoms with van der Waals surface area (Å²) in [4.78, 5) is 15.0. The molecule has 0 aliphatic rings. The van der Waals surface area contributed by atoms with Crippen LogP contribution >= 0.6 is 0 Å². The molecule has 0 N–H and O–H groups in total. The topological polar surface area (TPSA) is 73.8 Å². The molecule has 1 aromatic carbocycles. The summed E-state index contributed by atoms with van der Waals surface area (Å²) in [6.45, 7) is 1.84. The van der Waals surface area contributed by atoms with Crippen LogP contribution in [0.4, 0.5) is 5.69 Å². The standard InChI is InChI=1S/C17H16N4O2/c1-12-6-7-15(8-13-10-18-20(2)11-13)19-17(12)14-4-3-5-16(9-14)21(22)23/h3-7,9-11H,8H2,1-2H3/i8D2. The highest BCUT2D eigenvalue weighted by molar-refractivity contribution is 5.65. The Hall–Kier alpha value is -3.02. The van der Waals surface area contributed by atoms with Gasteiger partial charge in [0.15, 0.2) is 0 Å². The molecule has 0 amide bonds. The third-order valence-corrected chi connectivity index (χ3v) is 3.40. The number of non-ortho nitro benzene ring substituents is 1. The minimum atomic E-state index is -1.82. The first-order chi connectivity index (χ1) is 11.8. The van der Waals surface area contributed by atoms with Crippen LogP contribution in [-0.2, 0) is 13.4 Å². The summed E-state index contributed by atoms with van der Waals surface area (Å²) in [6, 6.07) is 9.58. The van der Waals surface area contributed by atoms with Crippen LogP contribution in [0.25, 0.3) is 11.3 Å². The molecule has 0 saturated carbocycles. The van der Waals surface area contributed by atoms with E-state index >= 15 is 0 Å². The van der Waals surface area contributed by atoms with E-state index in [4.69, 9.17) is 2.74 Å². The maximum Gasteiger partial charge on any atom is 0.270 e. The second kappa shape index (κ2) is 6.00. The van der Waals surface area contributed by atoms with E-state index in [1.165, 1.54) is 23.0 Å². The van der Waals surface area contributed by atoms with Crippen LogP contribution in [0.3, 0.4) is 0 Å². The van der Waals surface area contributed by atoms with Gasteiger partial charge in [-0.2, -0.15) is 5.10 Å². The molecule has 3 aromatic rings. The van der Waals surface area contributed by atoms with Crippen molar-refractivity contribution in [3.8, 4) is 11.3 Å². The molecule has 6 nitrogen and oxygen atoms in total. The average Bonchev–Trinajstić information content (AvgIpc) is 3.02. The molecule has 6 heteroatoms. The highest BCUT2D eigenvalue weighted by atomic mass is 16.6. The summed E-state index contributed by atoms with van der Waals surface area (Å²) < 4.78 is 18.3. The van der Waals surface area contributed by atoms with Gasteiger partial charge in [0.1, 0.15) is 0 Å². The van der Waals surface area contributed by atoms with Gasteiger partial charge in [-0.25, -0.2) is 0 Å². The Labute approximate surface area is 136 Å². The van der Waals surface area contributed by atoms with Gasteiger partial charge in [-0.3, -0.25) is 19.8 Å². The number of aromatic nitrogens is 3. The Morgan fingerprint density at radius 1 is 1.35 bits per heavy atom. The highest BCUT2D eigenvalue weighted by Crippen LogP contribution is 2.25. The van der Waals surface area contributed by atoms with Crippen molar-refractivity contribution < 1.29 is 7.66 Å². The lowest BCUT2D eigenvalue weighted by Crippen LogP contribution is -1.97. The predicted octanol–water partition coefficient (Wildman–Crippen LogP) is 3.29. The van der Waals surface area contributed by atoms with E-state index in [9.17, 15) is 10.1 Å². The summed E-state index contributed by atoms with van der Waals surface area (Å²) >= 11 is 0. The molecule has 0 atom stereocenters. The quantitative estimate of drug-likeness (QED) is 0.547. The van der Waals surface area contributed by atoms with Crippen molar-refractivity contribution >= 4 is 5.69 Å². The first-order valence-electron chi connectivity index (χ1n) is 8.01. The minimum Gasteiger partial charge on any atom is -0.276 e. The Morgan fingerprint density at radius 2 is 2.17 bits per heavy atom. The van der Waals surface area contributed by atoms with E-state index in [0.29, 0.717) is 16.8 Å². The van der Waals surface area contributed by atoms with Crippen LogP contribution in [0.5, 0.6) is 0 Å². The van der Waals surface area contributed by atoms with E-state index in [0.717, 1.165) is 5.56 Å². The summed E-state index contributed by atoms with van der Waals surface area (Å²) in [5.41, 5.74) is 2.51. The van der Waals surface area contributed by atoms with Crippen LogP contribution < -0.4 is 0 Å². The van der Waals surface area contributed by atoms with Crippen LogP contribution in [0.1, 0.15) is 19.6 Å². The Kier molecular flexibility index (Phi) is 3.26. The van der Waals surface area contributed by atoms with Crippen molar-refractivity contribution in [1.82, 2.24) is 14.8 Å². The van der Waals surface area contributed by atoms with Crippen molar-refractivity contribution in [2.45, 2.75) is 13.3 Å². The molecule has 0 fully saturated rings. The van der Waals surface area contributed by atoms with Gasteiger partial charge < -0.3 is 0 Å². The maximum atomic E-state index is 11.0. The molecule has 0 bridgehead atoms. The van der Waals surface area contributed by atoms with Gasteiger partial charge in [-0.05, 0) is 24.1 Å². The van der Waals surface area contributed by atoms with Crippen molar-refractivity contribution in [2.24, 2.45) is 7.05 Å². The summed E-state index contributed by atoms with van der Waals surface area (Å²) in [5.74, 6) is 0. The number of nitrogens with zero attached hydrogens (tertiary/aromatic N) is 4. The van der Waals surface area contributed by atoms with Crippen molar-refractivity contribution in [1.29, 1.82) is 0 Å². The molecule has 3 rings (SSSR count). The zero-order valence-electron chi connectivity index (χ0n) is 14.7. The van der Waals surface area contributed by atoms with E-state index in [1.54, 1.807) is 37.5 Å². The molecule has 0 radical (unpaired) electrons. The molecular weight excluding hydrogens is 292 g/mol. The van der Waals surface area contributed by atoms with Gasteiger partial charge in [-0.1, -0.05) is 18.2 Å². The number of hydrogen-bond donors (Lipinski definition) is 0. The number of rotatable bonds is 4. The van der Waals surface area contributed by atoms with Crippen molar-refractivity contribution in [2.75, 3.05) is 0 Å². The molecular formula is C17H16N4O2. The lowest BCUT2D eigenvalue weighted by Gasteiger charge is -2.08. The minimum absolute atomic E-state index is 0.0284. The number of nitro benzene ring substituents is 1. The number of nitro groups is 1. The molecule has 0 aliphatic carbocycles. The van der Waals surface area contributed by atoms with Gasteiger partial charge in [0.2, 0.25) is 0 Å². The fourth-order valence-electron chi connectivity index (χ4n) is 2.29. The summed E-state index contributed by atoms with van der Waals surface area (Å²) in [6.07, 6.45) is 1.25. The average molecular weight is 310 g/mol. The fraction of sp³-hybridized carbons (Fsp3) is 0.176. The molecule has 0 unspecified atom stereocenters. The number of hydrogen-bond acceptors (Lipinski definition) is 4. The fourth-order valence-corrected chi connectivity index (χ4v) is 2.29. The molecule has 0 aliphatic heterocycles. The van der Waals surface area contributed by atoms with Gasteiger partial charge in [0.25, 0.3) is 5.69 Å². The second-order valence-electron chi connectivity index (χ2n) is 5.20. The first-order valence-corrected chi connectivity index (χ1v) is 7.01. The van der Waals surface area contributed by atoms with E-state index in [1.807, 2.05) is 6.92 Å². The number of pyridine rings is 1. The smallest absolute Gasteiger partial charge is 0.270 e. The Balaban J connectivity index is 2.10. The zero-order valence-corrected chi connectivity index (χ0v) is 12.7. The van der Waals surface area contributed by atoms with Crippen LogP contribution in [0.2, 0.25) is 0 Å². The normalized spacial score (nSPS) is 12.6.